The summed E-state index contributed by atoms with van der Waals surface area (Å²) in [5.74, 6) is 0.694. The summed E-state index contributed by atoms with van der Waals surface area (Å²) in [5.41, 5.74) is 1.90. The highest BCUT2D eigenvalue weighted by molar-refractivity contribution is 5.84. The Morgan fingerprint density at radius 1 is 1.26 bits per heavy atom. The van der Waals surface area contributed by atoms with Gasteiger partial charge in [0, 0.05) is 37.2 Å². The van der Waals surface area contributed by atoms with Gasteiger partial charge >= 0.3 is 0 Å². The molecule has 0 fully saturated rings. The molecule has 6 heteroatoms. The zero-order chi connectivity index (χ0) is 20.0. The van der Waals surface area contributed by atoms with Gasteiger partial charge in [0.2, 0.25) is 0 Å². The molecule has 1 amide bonds. The second-order valence-electron chi connectivity index (χ2n) is 7.37. The van der Waals surface area contributed by atoms with Gasteiger partial charge in [-0.3, -0.25) is 9.59 Å². The Hall–Kier alpha value is -2.34. The van der Waals surface area contributed by atoms with Crippen molar-refractivity contribution in [3.63, 3.8) is 0 Å². The van der Waals surface area contributed by atoms with Crippen molar-refractivity contribution in [2.45, 2.75) is 39.7 Å². The van der Waals surface area contributed by atoms with Gasteiger partial charge in [0.1, 0.15) is 5.75 Å². The van der Waals surface area contributed by atoms with Gasteiger partial charge in [-0.05, 0) is 44.1 Å². The zero-order valence-electron chi connectivity index (χ0n) is 17.0. The summed E-state index contributed by atoms with van der Waals surface area (Å²) in [4.78, 5) is 26.5. The molecule has 0 aliphatic heterocycles. The van der Waals surface area contributed by atoms with Crippen molar-refractivity contribution in [2.75, 3.05) is 33.8 Å². The van der Waals surface area contributed by atoms with E-state index in [0.717, 1.165) is 29.4 Å². The van der Waals surface area contributed by atoms with Crippen LogP contribution >= 0.6 is 0 Å². The fraction of sp³-hybridized carbons (Fsp3) is 0.524. The monoisotopic (exact) mass is 373 g/mol. The van der Waals surface area contributed by atoms with Crippen molar-refractivity contribution < 1.29 is 9.53 Å². The van der Waals surface area contributed by atoms with E-state index in [1.165, 1.54) is 0 Å². The molecule has 0 bridgehead atoms. The Kier molecular flexibility index (Phi) is 7.42. The van der Waals surface area contributed by atoms with Crippen molar-refractivity contribution in [1.82, 2.24) is 14.8 Å². The number of pyridine rings is 1. The maximum atomic E-state index is 12.6. The number of nitrogens with zero attached hydrogens (tertiary/aromatic N) is 2. The number of nitrogens with one attached hydrogen (secondary N) is 1. The first-order valence-electron chi connectivity index (χ1n) is 9.55. The standard InChI is InChI=1S/C21H31N3O3/c1-6-10-24-19-12-16(27-14-20(25)22-9-11-23(4)5)7-8-17(19)18(15(2)3)13-21(24)26/h7-8,12-13,15H,6,9-11,14H2,1-5H3,(H,22,25). The van der Waals surface area contributed by atoms with E-state index < -0.39 is 0 Å². The SMILES string of the molecule is CCCn1c(=O)cc(C(C)C)c2ccc(OCC(=O)NCCN(C)C)cc21. The summed E-state index contributed by atoms with van der Waals surface area (Å²) in [7, 11) is 3.91. The van der Waals surface area contributed by atoms with Crippen LogP contribution in [-0.4, -0.2) is 49.2 Å². The highest BCUT2D eigenvalue weighted by atomic mass is 16.5. The number of benzene rings is 1. The van der Waals surface area contributed by atoms with Gasteiger partial charge in [0.05, 0.1) is 5.52 Å². The zero-order valence-corrected chi connectivity index (χ0v) is 17.0. The largest absolute Gasteiger partial charge is 0.484 e. The lowest BCUT2D eigenvalue weighted by Crippen LogP contribution is -2.34. The third-order valence-corrected chi connectivity index (χ3v) is 4.44. The molecule has 0 saturated carbocycles. The number of rotatable bonds is 9. The van der Waals surface area contributed by atoms with E-state index in [-0.39, 0.29) is 24.0 Å². The normalized spacial score (nSPS) is 11.4. The maximum Gasteiger partial charge on any atom is 0.257 e. The molecule has 2 aromatic rings. The van der Waals surface area contributed by atoms with Crippen molar-refractivity contribution in [1.29, 1.82) is 0 Å². The summed E-state index contributed by atoms with van der Waals surface area (Å²) in [6.45, 7) is 8.20. The number of carbonyl (C=O) groups is 1. The number of amides is 1. The Labute approximate surface area is 161 Å². The first-order valence-corrected chi connectivity index (χ1v) is 9.55. The predicted molar refractivity (Wildman–Crippen MR) is 110 cm³/mol. The van der Waals surface area contributed by atoms with Gasteiger partial charge < -0.3 is 19.5 Å². The number of carbonyl (C=O) groups excluding carboxylic acids is 1. The third-order valence-electron chi connectivity index (χ3n) is 4.44. The number of aromatic nitrogens is 1. The molecule has 0 saturated heterocycles. The molecule has 1 aromatic carbocycles. The molecule has 1 heterocycles. The van der Waals surface area contributed by atoms with Gasteiger partial charge in [0.15, 0.2) is 6.61 Å². The molecule has 148 valence electrons. The second kappa shape index (κ2) is 9.55. The molecule has 27 heavy (non-hydrogen) atoms. The molecule has 0 spiro atoms. The minimum atomic E-state index is -0.154. The van der Waals surface area contributed by atoms with Crippen molar-refractivity contribution in [2.24, 2.45) is 0 Å². The Morgan fingerprint density at radius 3 is 2.63 bits per heavy atom. The Balaban J connectivity index is 2.23. The van der Waals surface area contributed by atoms with Crippen molar-refractivity contribution in [3.05, 3.63) is 40.2 Å². The van der Waals surface area contributed by atoms with Crippen LogP contribution in [0, 0.1) is 0 Å². The van der Waals surface area contributed by atoms with Gasteiger partial charge in [-0.25, -0.2) is 0 Å². The van der Waals surface area contributed by atoms with Crippen LogP contribution in [0.4, 0.5) is 0 Å². The second-order valence-corrected chi connectivity index (χ2v) is 7.37. The number of hydrogen-bond donors (Lipinski definition) is 1. The van der Waals surface area contributed by atoms with Crippen LogP contribution in [0.2, 0.25) is 0 Å². The molecule has 2 rings (SSSR count). The summed E-state index contributed by atoms with van der Waals surface area (Å²) in [5, 5.41) is 3.88. The molecule has 0 aliphatic carbocycles. The van der Waals surface area contributed by atoms with Gasteiger partial charge in [-0.15, -0.1) is 0 Å². The highest BCUT2D eigenvalue weighted by Crippen LogP contribution is 2.27. The smallest absolute Gasteiger partial charge is 0.257 e. The maximum absolute atomic E-state index is 12.6. The predicted octanol–water partition coefficient (Wildman–Crippen LogP) is 2.59. The summed E-state index contributed by atoms with van der Waals surface area (Å²) < 4.78 is 7.45. The molecule has 1 N–H and O–H groups in total. The molecule has 0 atom stereocenters. The van der Waals surface area contributed by atoms with E-state index in [9.17, 15) is 9.59 Å². The van der Waals surface area contributed by atoms with Gasteiger partial charge in [-0.2, -0.15) is 0 Å². The van der Waals surface area contributed by atoms with Gasteiger partial charge in [-0.1, -0.05) is 20.8 Å². The van der Waals surface area contributed by atoms with Crippen LogP contribution in [0.25, 0.3) is 10.9 Å². The molecule has 6 nitrogen and oxygen atoms in total. The van der Waals surface area contributed by atoms with E-state index in [1.54, 1.807) is 10.6 Å². The van der Waals surface area contributed by atoms with Crippen LogP contribution in [0.3, 0.4) is 0 Å². The summed E-state index contributed by atoms with van der Waals surface area (Å²) in [6.07, 6.45) is 0.870. The average Bonchev–Trinajstić information content (AvgIpc) is 2.61. The van der Waals surface area contributed by atoms with Crippen molar-refractivity contribution in [3.8, 4) is 5.75 Å². The first-order chi connectivity index (χ1) is 12.8. The molecule has 1 aromatic heterocycles. The Bertz CT molecular complexity index is 840. The summed E-state index contributed by atoms with van der Waals surface area (Å²) >= 11 is 0. The molecule has 0 aliphatic rings. The quantitative estimate of drug-likeness (QED) is 0.734. The number of ether oxygens (including phenoxy) is 1. The van der Waals surface area contributed by atoms with E-state index in [0.29, 0.717) is 18.8 Å². The molecule has 0 unspecified atom stereocenters. The molecule has 0 radical (unpaired) electrons. The minimum Gasteiger partial charge on any atom is -0.484 e. The lowest BCUT2D eigenvalue weighted by Gasteiger charge is -2.16. The van der Waals surface area contributed by atoms with E-state index in [2.05, 4.69) is 19.2 Å². The van der Waals surface area contributed by atoms with Crippen LogP contribution in [0.15, 0.2) is 29.1 Å². The van der Waals surface area contributed by atoms with Crippen LogP contribution in [0.5, 0.6) is 5.75 Å². The lowest BCUT2D eigenvalue weighted by atomic mass is 9.98. The van der Waals surface area contributed by atoms with Crippen molar-refractivity contribution >= 4 is 16.8 Å². The van der Waals surface area contributed by atoms with E-state index >= 15 is 0 Å². The average molecular weight is 373 g/mol. The van der Waals surface area contributed by atoms with Crippen LogP contribution in [0.1, 0.15) is 38.7 Å². The van der Waals surface area contributed by atoms with Gasteiger partial charge in [0.25, 0.3) is 11.5 Å². The number of hydrogen-bond acceptors (Lipinski definition) is 4. The Morgan fingerprint density at radius 2 is 2.00 bits per heavy atom. The first kappa shape index (κ1) is 21.0. The fourth-order valence-corrected chi connectivity index (χ4v) is 3.03. The number of likely N-dealkylation sites (N-methyl/N-ethyl adjacent to an activating group) is 1. The molecular formula is C21H31N3O3. The van der Waals surface area contributed by atoms with Crippen LogP contribution in [-0.2, 0) is 11.3 Å². The minimum absolute atomic E-state index is 0.00614. The van der Waals surface area contributed by atoms with Crippen LogP contribution < -0.4 is 15.6 Å². The topological polar surface area (TPSA) is 63.6 Å². The lowest BCUT2D eigenvalue weighted by molar-refractivity contribution is -0.123. The third kappa shape index (κ3) is 5.57. The fourth-order valence-electron chi connectivity index (χ4n) is 3.03. The highest BCUT2D eigenvalue weighted by Gasteiger charge is 2.12. The summed E-state index contributed by atoms with van der Waals surface area (Å²) in [6, 6.07) is 7.45. The number of fused-ring (bicyclic) bond motifs is 1. The van der Waals surface area contributed by atoms with E-state index in [1.807, 2.05) is 44.1 Å². The number of aryl methyl sites for hydroxylation is 1. The van der Waals surface area contributed by atoms with E-state index in [4.69, 9.17) is 4.74 Å². The molecular weight excluding hydrogens is 342 g/mol.